The van der Waals surface area contributed by atoms with Crippen molar-refractivity contribution in [1.82, 2.24) is 14.9 Å². The topological polar surface area (TPSA) is 29.9 Å². The highest BCUT2D eigenvalue weighted by Gasteiger charge is 2.46. The number of nitrogens with zero attached hydrogens (tertiary/aromatic N) is 2. The predicted octanol–water partition coefficient (Wildman–Crippen LogP) is 3.16. The van der Waals surface area contributed by atoms with E-state index in [1.54, 1.807) is 0 Å². The molecule has 1 fully saturated rings. The van der Waals surface area contributed by atoms with Gasteiger partial charge in [-0.15, -0.1) is 0 Å². The summed E-state index contributed by atoms with van der Waals surface area (Å²) in [5, 5.41) is 3.46. The molecule has 2 aliphatic rings. The van der Waals surface area contributed by atoms with E-state index in [1.165, 1.54) is 36.6 Å². The zero-order valence-corrected chi connectivity index (χ0v) is 13.5. The van der Waals surface area contributed by atoms with Crippen LogP contribution in [0.1, 0.15) is 57.7 Å². The highest BCUT2D eigenvalue weighted by molar-refractivity contribution is 5.21. The first-order valence-electron chi connectivity index (χ1n) is 8.30. The summed E-state index contributed by atoms with van der Waals surface area (Å²) in [5.74, 6) is 2.80. The minimum atomic E-state index is 0.561. The predicted molar refractivity (Wildman–Crippen MR) is 82.7 cm³/mol. The molecule has 3 heteroatoms. The fourth-order valence-electron chi connectivity index (χ4n) is 3.53. The second kappa shape index (κ2) is 5.18. The molecule has 0 unspecified atom stereocenters. The molecule has 1 aromatic heterocycles. The molecular formula is C17H29N3. The van der Waals surface area contributed by atoms with Crippen molar-refractivity contribution in [1.29, 1.82) is 0 Å². The van der Waals surface area contributed by atoms with Crippen LogP contribution < -0.4 is 5.32 Å². The molecule has 3 rings (SSSR count). The van der Waals surface area contributed by atoms with E-state index in [9.17, 15) is 0 Å². The maximum absolute atomic E-state index is 4.96. The van der Waals surface area contributed by atoms with Crippen LogP contribution in [0.4, 0.5) is 0 Å². The Kier molecular flexibility index (Phi) is 3.65. The van der Waals surface area contributed by atoms with Crippen LogP contribution in [0.5, 0.6) is 0 Å². The van der Waals surface area contributed by atoms with Crippen molar-refractivity contribution < 1.29 is 0 Å². The lowest BCUT2D eigenvalue weighted by Gasteiger charge is -2.24. The number of imidazole rings is 1. The molecule has 1 aliphatic carbocycles. The van der Waals surface area contributed by atoms with Gasteiger partial charge in [-0.1, -0.05) is 27.7 Å². The van der Waals surface area contributed by atoms with Gasteiger partial charge < -0.3 is 9.88 Å². The van der Waals surface area contributed by atoms with E-state index in [1.807, 2.05) is 0 Å². The maximum atomic E-state index is 4.96. The average molecular weight is 275 g/mol. The zero-order valence-electron chi connectivity index (χ0n) is 13.5. The summed E-state index contributed by atoms with van der Waals surface area (Å²) >= 11 is 0. The first-order chi connectivity index (χ1) is 9.52. The smallest absolute Gasteiger partial charge is 0.109 e. The van der Waals surface area contributed by atoms with Crippen molar-refractivity contribution in [3.63, 3.8) is 0 Å². The zero-order chi connectivity index (χ0) is 14.3. The molecule has 0 atom stereocenters. The molecule has 0 aromatic carbocycles. The normalized spacial score (nSPS) is 20.5. The monoisotopic (exact) mass is 275 g/mol. The van der Waals surface area contributed by atoms with Crippen LogP contribution in [0.2, 0.25) is 0 Å². The summed E-state index contributed by atoms with van der Waals surface area (Å²) in [6.07, 6.45) is 5.06. The SMILES string of the molecule is CC(C)Cc1nc2c(n1CC1(C(C)C)CC1)CCNC2. The Morgan fingerprint density at radius 3 is 2.60 bits per heavy atom. The number of fused-ring (bicyclic) bond motifs is 1. The van der Waals surface area contributed by atoms with Gasteiger partial charge in [-0.25, -0.2) is 4.98 Å². The average Bonchev–Trinajstić information content (AvgIpc) is 3.10. The lowest BCUT2D eigenvalue weighted by molar-refractivity contribution is 0.299. The van der Waals surface area contributed by atoms with Crippen molar-refractivity contribution in [3.8, 4) is 0 Å². The quantitative estimate of drug-likeness (QED) is 0.894. The van der Waals surface area contributed by atoms with E-state index in [0.717, 1.165) is 31.8 Å². The summed E-state index contributed by atoms with van der Waals surface area (Å²) in [5.41, 5.74) is 3.39. The number of nitrogens with one attached hydrogen (secondary N) is 1. The Morgan fingerprint density at radius 2 is 2.00 bits per heavy atom. The summed E-state index contributed by atoms with van der Waals surface area (Å²) in [6.45, 7) is 12.6. The van der Waals surface area contributed by atoms with Crippen molar-refractivity contribution in [2.24, 2.45) is 17.3 Å². The molecule has 0 radical (unpaired) electrons. The second-order valence-corrected chi connectivity index (χ2v) is 7.55. The van der Waals surface area contributed by atoms with Crippen LogP contribution in [0.3, 0.4) is 0 Å². The van der Waals surface area contributed by atoms with Crippen LogP contribution in [-0.2, 0) is 25.9 Å². The number of hydrogen-bond donors (Lipinski definition) is 1. The summed E-state index contributed by atoms with van der Waals surface area (Å²) in [4.78, 5) is 4.96. The van der Waals surface area contributed by atoms with Crippen LogP contribution >= 0.6 is 0 Å². The summed E-state index contributed by atoms with van der Waals surface area (Å²) < 4.78 is 2.60. The van der Waals surface area contributed by atoms with Gasteiger partial charge in [-0.05, 0) is 30.1 Å². The van der Waals surface area contributed by atoms with Crippen molar-refractivity contribution in [3.05, 3.63) is 17.2 Å². The van der Waals surface area contributed by atoms with E-state index >= 15 is 0 Å². The largest absolute Gasteiger partial charge is 0.331 e. The Labute approximate surface area is 123 Å². The van der Waals surface area contributed by atoms with Crippen molar-refractivity contribution >= 4 is 0 Å². The Balaban J connectivity index is 1.92. The molecule has 2 heterocycles. The van der Waals surface area contributed by atoms with Gasteiger partial charge >= 0.3 is 0 Å². The van der Waals surface area contributed by atoms with Gasteiger partial charge in [-0.3, -0.25) is 0 Å². The van der Waals surface area contributed by atoms with E-state index in [0.29, 0.717) is 11.3 Å². The number of hydrogen-bond acceptors (Lipinski definition) is 2. The standard InChI is InChI=1S/C17H29N3/c1-12(2)9-16-19-14-10-18-8-5-15(14)20(16)11-17(6-7-17)13(3)4/h12-13,18H,5-11H2,1-4H3. The Bertz CT molecular complexity index is 481. The van der Waals surface area contributed by atoms with E-state index in [-0.39, 0.29) is 0 Å². The molecule has 0 bridgehead atoms. The molecule has 3 nitrogen and oxygen atoms in total. The summed E-state index contributed by atoms with van der Waals surface area (Å²) in [7, 11) is 0. The fourth-order valence-corrected chi connectivity index (χ4v) is 3.53. The molecular weight excluding hydrogens is 246 g/mol. The first kappa shape index (κ1) is 14.1. The molecule has 1 aliphatic heterocycles. The van der Waals surface area contributed by atoms with Crippen molar-refractivity contribution in [2.45, 2.75) is 66.5 Å². The Morgan fingerprint density at radius 1 is 1.25 bits per heavy atom. The minimum Gasteiger partial charge on any atom is -0.331 e. The van der Waals surface area contributed by atoms with E-state index in [4.69, 9.17) is 4.98 Å². The Hall–Kier alpha value is -0.830. The molecule has 1 saturated carbocycles. The minimum absolute atomic E-state index is 0.561. The van der Waals surface area contributed by atoms with E-state index < -0.39 is 0 Å². The maximum Gasteiger partial charge on any atom is 0.109 e. The second-order valence-electron chi connectivity index (χ2n) is 7.55. The van der Waals surface area contributed by atoms with Crippen LogP contribution in [-0.4, -0.2) is 16.1 Å². The highest BCUT2D eigenvalue weighted by atomic mass is 15.1. The third-order valence-electron chi connectivity index (χ3n) is 5.25. The van der Waals surface area contributed by atoms with Gasteiger partial charge in [0.05, 0.1) is 5.69 Å². The molecule has 1 aromatic rings. The van der Waals surface area contributed by atoms with Gasteiger partial charge in [-0.2, -0.15) is 0 Å². The molecule has 0 spiro atoms. The van der Waals surface area contributed by atoms with E-state index in [2.05, 4.69) is 37.6 Å². The van der Waals surface area contributed by atoms with Gasteiger partial charge in [0.15, 0.2) is 0 Å². The van der Waals surface area contributed by atoms with Gasteiger partial charge in [0, 0.05) is 38.2 Å². The summed E-state index contributed by atoms with van der Waals surface area (Å²) in [6, 6.07) is 0. The lowest BCUT2D eigenvalue weighted by atomic mass is 9.92. The van der Waals surface area contributed by atoms with Gasteiger partial charge in [0.2, 0.25) is 0 Å². The van der Waals surface area contributed by atoms with Crippen LogP contribution in [0, 0.1) is 17.3 Å². The number of rotatable bonds is 5. The van der Waals surface area contributed by atoms with Crippen LogP contribution in [0.15, 0.2) is 0 Å². The first-order valence-corrected chi connectivity index (χ1v) is 8.30. The molecule has 112 valence electrons. The third kappa shape index (κ3) is 2.52. The molecule has 1 N–H and O–H groups in total. The number of aromatic nitrogens is 2. The molecule has 20 heavy (non-hydrogen) atoms. The lowest BCUT2D eigenvalue weighted by Crippen LogP contribution is -2.27. The van der Waals surface area contributed by atoms with Crippen molar-refractivity contribution in [2.75, 3.05) is 6.54 Å². The highest BCUT2D eigenvalue weighted by Crippen LogP contribution is 2.53. The fraction of sp³-hybridized carbons (Fsp3) is 0.824. The van der Waals surface area contributed by atoms with Gasteiger partial charge in [0.25, 0.3) is 0 Å². The molecule has 0 saturated heterocycles. The van der Waals surface area contributed by atoms with Gasteiger partial charge in [0.1, 0.15) is 5.82 Å². The van der Waals surface area contributed by atoms with Crippen LogP contribution in [0.25, 0.3) is 0 Å². The molecule has 0 amide bonds. The third-order valence-corrected chi connectivity index (χ3v) is 5.25.